The van der Waals surface area contributed by atoms with E-state index in [1.165, 1.54) is 12.3 Å². The van der Waals surface area contributed by atoms with E-state index in [2.05, 4.69) is 15.6 Å². The molecule has 1 fully saturated rings. The van der Waals surface area contributed by atoms with Gasteiger partial charge < -0.3 is 20.6 Å². The van der Waals surface area contributed by atoms with E-state index in [1.807, 2.05) is 0 Å². The van der Waals surface area contributed by atoms with E-state index in [0.29, 0.717) is 0 Å². The molecule has 0 aromatic carbocycles. The smallest absolute Gasteiger partial charge is 0.356 e. The molecule has 0 spiro atoms. The van der Waals surface area contributed by atoms with E-state index < -0.39 is 5.97 Å². The molecule has 0 atom stereocenters. The van der Waals surface area contributed by atoms with E-state index >= 15 is 0 Å². The van der Waals surface area contributed by atoms with Crippen LogP contribution in [-0.4, -0.2) is 53.2 Å². The van der Waals surface area contributed by atoms with Crippen molar-refractivity contribution in [2.45, 2.75) is 18.9 Å². The number of carboxylic acid groups (broad SMARTS) is 1. The van der Waals surface area contributed by atoms with Crippen molar-refractivity contribution in [2.75, 3.05) is 25.5 Å². The van der Waals surface area contributed by atoms with Crippen LogP contribution < -0.4 is 10.6 Å². The number of nitrogens with one attached hydrogen (secondary N) is 2. The maximum Gasteiger partial charge on any atom is 0.356 e. The zero-order chi connectivity index (χ0) is 14.5. The highest BCUT2D eigenvalue weighted by Crippen LogP contribution is 2.15. The number of urea groups is 1. The summed E-state index contributed by atoms with van der Waals surface area (Å²) in [5.74, 6) is -1.16. The van der Waals surface area contributed by atoms with Gasteiger partial charge in [0.15, 0.2) is 5.69 Å². The normalized spacial score (nSPS) is 15.7. The first-order valence-corrected chi connectivity index (χ1v) is 6.52. The highest BCUT2D eigenvalue weighted by atomic mass is 16.4. The topological polar surface area (TPSA) is 94.6 Å². The van der Waals surface area contributed by atoms with Crippen LogP contribution in [0.25, 0.3) is 0 Å². The van der Waals surface area contributed by atoms with E-state index in [-0.39, 0.29) is 23.5 Å². The van der Waals surface area contributed by atoms with Gasteiger partial charge in [-0.25, -0.2) is 14.6 Å². The van der Waals surface area contributed by atoms with Crippen molar-refractivity contribution < 1.29 is 14.7 Å². The Morgan fingerprint density at radius 3 is 2.80 bits per heavy atom. The molecule has 0 bridgehead atoms. The van der Waals surface area contributed by atoms with Crippen LogP contribution in [-0.2, 0) is 0 Å². The van der Waals surface area contributed by atoms with Crippen LogP contribution >= 0.6 is 0 Å². The molecular formula is C13H18N4O3. The minimum atomic E-state index is -1.16. The first-order valence-electron chi connectivity index (χ1n) is 6.52. The molecule has 20 heavy (non-hydrogen) atoms. The fraction of sp³-hybridized carbons (Fsp3) is 0.462. The van der Waals surface area contributed by atoms with Crippen LogP contribution in [0.3, 0.4) is 0 Å². The first kappa shape index (κ1) is 14.3. The molecule has 0 unspecified atom stereocenters. The number of carbonyl (C=O) groups is 2. The number of aromatic carboxylic acids is 1. The van der Waals surface area contributed by atoms with Crippen LogP contribution in [0.15, 0.2) is 18.3 Å². The molecule has 3 N–H and O–H groups in total. The molecule has 1 aromatic rings. The lowest BCUT2D eigenvalue weighted by Crippen LogP contribution is -2.45. The number of anilines is 1. The molecule has 1 saturated heterocycles. The highest BCUT2D eigenvalue weighted by molar-refractivity contribution is 5.98. The molecule has 108 valence electrons. The van der Waals surface area contributed by atoms with Crippen molar-refractivity contribution in [3.05, 3.63) is 24.0 Å². The number of carbonyl (C=O) groups excluding carboxylic acids is 1. The maximum absolute atomic E-state index is 12.2. The van der Waals surface area contributed by atoms with Gasteiger partial charge in [-0.1, -0.05) is 0 Å². The fourth-order valence-corrected chi connectivity index (χ4v) is 2.24. The molecule has 7 heteroatoms. The van der Waals surface area contributed by atoms with Crippen LogP contribution in [0.1, 0.15) is 23.3 Å². The number of piperidine rings is 1. The number of rotatable bonds is 3. The van der Waals surface area contributed by atoms with Gasteiger partial charge in [0.1, 0.15) is 0 Å². The summed E-state index contributed by atoms with van der Waals surface area (Å²) in [6.45, 7) is 1.77. The average molecular weight is 278 g/mol. The molecule has 2 amide bonds. The number of hydrogen-bond acceptors (Lipinski definition) is 4. The molecular weight excluding hydrogens is 260 g/mol. The molecule has 0 saturated carbocycles. The van der Waals surface area contributed by atoms with Crippen LogP contribution in [0.4, 0.5) is 10.5 Å². The third-order valence-corrected chi connectivity index (χ3v) is 3.43. The van der Waals surface area contributed by atoms with E-state index in [9.17, 15) is 9.59 Å². The zero-order valence-corrected chi connectivity index (χ0v) is 11.3. The van der Waals surface area contributed by atoms with Gasteiger partial charge in [0, 0.05) is 19.3 Å². The molecule has 1 aromatic heterocycles. The minimum absolute atomic E-state index is 0.153. The Labute approximate surface area is 117 Å². The molecule has 1 aliphatic rings. The predicted molar refractivity (Wildman–Crippen MR) is 73.9 cm³/mol. The Morgan fingerprint density at radius 1 is 1.45 bits per heavy atom. The standard InChI is InChI=1S/C13H18N4O3/c1-17(9-4-7-14-8-5-9)13(20)16-10-3-2-6-15-11(10)12(18)19/h2-3,6,9,14H,4-5,7-8H2,1H3,(H,16,20)(H,18,19). The second kappa shape index (κ2) is 6.33. The summed E-state index contributed by atoms with van der Waals surface area (Å²) < 4.78 is 0. The summed E-state index contributed by atoms with van der Waals surface area (Å²) in [5.41, 5.74) is 0.0605. The molecule has 2 heterocycles. The summed E-state index contributed by atoms with van der Waals surface area (Å²) in [6.07, 6.45) is 3.17. The molecule has 7 nitrogen and oxygen atoms in total. The van der Waals surface area contributed by atoms with Gasteiger partial charge in [-0.05, 0) is 38.1 Å². The van der Waals surface area contributed by atoms with Crippen LogP contribution in [0, 0.1) is 0 Å². The third-order valence-electron chi connectivity index (χ3n) is 3.43. The Kier molecular flexibility index (Phi) is 4.52. The summed E-state index contributed by atoms with van der Waals surface area (Å²) in [6, 6.07) is 2.98. The molecule has 0 radical (unpaired) electrons. The molecule has 0 aliphatic carbocycles. The monoisotopic (exact) mass is 278 g/mol. The largest absolute Gasteiger partial charge is 0.476 e. The Balaban J connectivity index is 2.05. The quantitative estimate of drug-likeness (QED) is 0.766. The maximum atomic E-state index is 12.2. The summed E-state index contributed by atoms with van der Waals surface area (Å²) in [4.78, 5) is 28.6. The van der Waals surface area contributed by atoms with Crippen molar-refractivity contribution in [3.8, 4) is 0 Å². The summed E-state index contributed by atoms with van der Waals surface area (Å²) in [5, 5.41) is 14.9. The van der Waals surface area contributed by atoms with Gasteiger partial charge in [-0.2, -0.15) is 0 Å². The number of amides is 2. The van der Waals surface area contributed by atoms with E-state index in [4.69, 9.17) is 5.11 Å². The van der Waals surface area contributed by atoms with Crippen LogP contribution in [0.5, 0.6) is 0 Å². The van der Waals surface area contributed by atoms with E-state index in [1.54, 1.807) is 18.0 Å². The van der Waals surface area contributed by atoms with Gasteiger partial charge >= 0.3 is 12.0 Å². The van der Waals surface area contributed by atoms with Crippen molar-refractivity contribution in [1.29, 1.82) is 0 Å². The van der Waals surface area contributed by atoms with Crippen molar-refractivity contribution in [1.82, 2.24) is 15.2 Å². The number of nitrogens with zero attached hydrogens (tertiary/aromatic N) is 2. The lowest BCUT2D eigenvalue weighted by atomic mass is 10.1. The Hall–Kier alpha value is -2.15. The third kappa shape index (κ3) is 3.24. The van der Waals surface area contributed by atoms with Crippen LogP contribution in [0.2, 0.25) is 0 Å². The van der Waals surface area contributed by atoms with Gasteiger partial charge in [-0.3, -0.25) is 0 Å². The number of pyridine rings is 1. The van der Waals surface area contributed by atoms with Crippen molar-refractivity contribution in [2.24, 2.45) is 0 Å². The second-order valence-electron chi connectivity index (χ2n) is 4.73. The van der Waals surface area contributed by atoms with Crippen molar-refractivity contribution in [3.63, 3.8) is 0 Å². The van der Waals surface area contributed by atoms with Crippen molar-refractivity contribution >= 4 is 17.7 Å². The fourth-order valence-electron chi connectivity index (χ4n) is 2.24. The zero-order valence-electron chi connectivity index (χ0n) is 11.3. The highest BCUT2D eigenvalue weighted by Gasteiger charge is 2.23. The van der Waals surface area contributed by atoms with Gasteiger partial charge in [0.05, 0.1) is 5.69 Å². The lowest BCUT2D eigenvalue weighted by molar-refractivity contribution is 0.0691. The second-order valence-corrected chi connectivity index (χ2v) is 4.73. The molecule has 2 rings (SSSR count). The number of hydrogen-bond donors (Lipinski definition) is 3. The Bertz CT molecular complexity index is 500. The average Bonchev–Trinajstić information content (AvgIpc) is 2.47. The number of carboxylic acids is 1. The van der Waals surface area contributed by atoms with Gasteiger partial charge in [0.2, 0.25) is 0 Å². The lowest BCUT2D eigenvalue weighted by Gasteiger charge is -2.31. The first-order chi connectivity index (χ1) is 9.59. The van der Waals surface area contributed by atoms with Gasteiger partial charge in [-0.15, -0.1) is 0 Å². The SMILES string of the molecule is CN(C(=O)Nc1cccnc1C(=O)O)C1CCNCC1. The summed E-state index contributed by atoms with van der Waals surface area (Å²) in [7, 11) is 1.72. The molecule has 1 aliphatic heterocycles. The minimum Gasteiger partial charge on any atom is -0.476 e. The Morgan fingerprint density at radius 2 is 2.15 bits per heavy atom. The number of aromatic nitrogens is 1. The van der Waals surface area contributed by atoms with Gasteiger partial charge in [0.25, 0.3) is 0 Å². The predicted octanol–water partition coefficient (Wildman–Crippen LogP) is 0.995. The summed E-state index contributed by atoms with van der Waals surface area (Å²) >= 11 is 0. The van der Waals surface area contributed by atoms with E-state index in [0.717, 1.165) is 25.9 Å².